The first-order valence-electron chi connectivity index (χ1n) is 9.74. The van der Waals surface area contributed by atoms with E-state index in [1.807, 2.05) is 53.9 Å². The predicted octanol–water partition coefficient (Wildman–Crippen LogP) is 3.29. The molecule has 0 aliphatic heterocycles. The zero-order valence-corrected chi connectivity index (χ0v) is 18.2. The fourth-order valence-corrected chi connectivity index (χ4v) is 4.13. The number of benzene rings is 2. The molecule has 0 unspecified atom stereocenters. The Bertz CT molecular complexity index is 1190. The van der Waals surface area contributed by atoms with E-state index in [9.17, 15) is 4.79 Å². The van der Waals surface area contributed by atoms with Crippen LogP contribution in [0.25, 0.3) is 5.69 Å². The van der Waals surface area contributed by atoms with E-state index in [1.54, 1.807) is 22.2 Å². The predicted molar refractivity (Wildman–Crippen MR) is 121 cm³/mol. The SMILES string of the molecule is NCc1cn(-c2cccc(CNC(=O)Cc3csc(Cc4cccc(Cl)c4)n3)c2)nn1. The summed E-state index contributed by atoms with van der Waals surface area (Å²) in [5, 5.41) is 14.6. The van der Waals surface area contributed by atoms with E-state index >= 15 is 0 Å². The van der Waals surface area contributed by atoms with Crippen molar-refractivity contribution in [2.24, 2.45) is 5.73 Å². The van der Waals surface area contributed by atoms with Crippen LogP contribution in [0.3, 0.4) is 0 Å². The number of nitrogens with two attached hydrogens (primary N) is 1. The van der Waals surface area contributed by atoms with Crippen molar-refractivity contribution in [3.05, 3.63) is 92.7 Å². The summed E-state index contributed by atoms with van der Waals surface area (Å²) in [4.78, 5) is 17.0. The molecule has 2 aromatic heterocycles. The Labute approximate surface area is 188 Å². The van der Waals surface area contributed by atoms with Crippen LogP contribution in [0, 0.1) is 0 Å². The van der Waals surface area contributed by atoms with Crippen LogP contribution in [0.2, 0.25) is 5.02 Å². The average molecular weight is 453 g/mol. The van der Waals surface area contributed by atoms with Crippen molar-refractivity contribution in [3.63, 3.8) is 0 Å². The van der Waals surface area contributed by atoms with Crippen LogP contribution >= 0.6 is 22.9 Å². The van der Waals surface area contributed by atoms with Crippen molar-refractivity contribution in [2.75, 3.05) is 0 Å². The lowest BCUT2D eigenvalue weighted by molar-refractivity contribution is -0.120. The van der Waals surface area contributed by atoms with Crippen molar-refractivity contribution < 1.29 is 4.79 Å². The van der Waals surface area contributed by atoms with Gasteiger partial charge in [-0.3, -0.25) is 4.79 Å². The molecule has 0 bridgehead atoms. The monoisotopic (exact) mass is 452 g/mol. The number of nitrogens with zero attached hydrogens (tertiary/aromatic N) is 4. The molecule has 1 amide bonds. The summed E-state index contributed by atoms with van der Waals surface area (Å²) >= 11 is 7.59. The molecule has 3 N–H and O–H groups in total. The lowest BCUT2D eigenvalue weighted by Gasteiger charge is -2.07. The van der Waals surface area contributed by atoms with Crippen LogP contribution in [0.1, 0.15) is 27.5 Å². The fraction of sp³-hybridized carbons (Fsp3) is 0.182. The van der Waals surface area contributed by atoms with Crippen LogP contribution in [-0.4, -0.2) is 25.9 Å². The van der Waals surface area contributed by atoms with Crippen LogP contribution in [0.4, 0.5) is 0 Å². The molecule has 0 saturated carbocycles. The molecule has 7 nitrogen and oxygen atoms in total. The topological polar surface area (TPSA) is 98.7 Å². The molecule has 0 saturated heterocycles. The highest BCUT2D eigenvalue weighted by molar-refractivity contribution is 7.09. The van der Waals surface area contributed by atoms with Gasteiger partial charge in [0.25, 0.3) is 0 Å². The number of rotatable bonds is 8. The van der Waals surface area contributed by atoms with Gasteiger partial charge in [-0.15, -0.1) is 16.4 Å². The van der Waals surface area contributed by atoms with Gasteiger partial charge in [-0.1, -0.05) is 41.1 Å². The number of aromatic nitrogens is 4. The summed E-state index contributed by atoms with van der Waals surface area (Å²) in [5.74, 6) is -0.0730. The number of hydrogen-bond acceptors (Lipinski definition) is 6. The number of nitrogens with one attached hydrogen (secondary N) is 1. The molecule has 2 aromatic carbocycles. The Morgan fingerprint density at radius 3 is 2.77 bits per heavy atom. The molecule has 0 aliphatic carbocycles. The van der Waals surface area contributed by atoms with E-state index in [1.165, 1.54) is 0 Å². The second-order valence-electron chi connectivity index (χ2n) is 7.02. The zero-order chi connectivity index (χ0) is 21.6. The van der Waals surface area contributed by atoms with E-state index < -0.39 is 0 Å². The highest BCUT2D eigenvalue weighted by atomic mass is 35.5. The highest BCUT2D eigenvalue weighted by Crippen LogP contribution is 2.18. The van der Waals surface area contributed by atoms with Crippen molar-refractivity contribution in [2.45, 2.75) is 25.9 Å². The van der Waals surface area contributed by atoms with Crippen molar-refractivity contribution in [3.8, 4) is 5.69 Å². The standard InChI is InChI=1S/C22H21ClN6OS/c23-17-5-1-3-15(7-17)9-22-26-18(14-31-22)10-21(30)25-12-16-4-2-6-20(8-16)29-13-19(11-24)27-28-29/h1-8,13-14H,9-12,24H2,(H,25,30). The van der Waals surface area contributed by atoms with Gasteiger partial charge in [-0.2, -0.15) is 0 Å². The molecule has 0 spiro atoms. The molecule has 0 radical (unpaired) electrons. The van der Waals surface area contributed by atoms with Gasteiger partial charge in [0, 0.05) is 29.9 Å². The molecule has 0 fully saturated rings. The first-order chi connectivity index (χ1) is 15.1. The molecule has 0 aliphatic rings. The molecule has 31 heavy (non-hydrogen) atoms. The highest BCUT2D eigenvalue weighted by Gasteiger charge is 2.09. The Morgan fingerprint density at radius 2 is 1.97 bits per heavy atom. The normalized spacial score (nSPS) is 10.9. The number of carbonyl (C=O) groups excluding carboxylic acids is 1. The number of thiazole rings is 1. The fourth-order valence-electron chi connectivity index (χ4n) is 3.09. The van der Waals surface area contributed by atoms with E-state index in [0.29, 0.717) is 24.5 Å². The third kappa shape index (κ3) is 5.75. The number of amides is 1. The molecule has 158 valence electrons. The summed E-state index contributed by atoms with van der Waals surface area (Å²) in [6.45, 7) is 0.762. The summed E-state index contributed by atoms with van der Waals surface area (Å²) in [7, 11) is 0. The molecule has 0 atom stereocenters. The summed E-state index contributed by atoms with van der Waals surface area (Å²) in [6, 6.07) is 15.5. The van der Waals surface area contributed by atoms with Gasteiger partial charge >= 0.3 is 0 Å². The Balaban J connectivity index is 1.31. The molecule has 9 heteroatoms. The average Bonchev–Trinajstić information content (AvgIpc) is 3.42. The van der Waals surface area contributed by atoms with Gasteiger partial charge in [0.2, 0.25) is 5.91 Å². The Morgan fingerprint density at radius 1 is 1.13 bits per heavy atom. The third-order valence-corrected chi connectivity index (χ3v) is 5.73. The van der Waals surface area contributed by atoms with Crippen LogP contribution in [-0.2, 0) is 30.7 Å². The number of halogens is 1. The zero-order valence-electron chi connectivity index (χ0n) is 16.7. The molecule has 4 rings (SSSR count). The van der Waals surface area contributed by atoms with Gasteiger partial charge in [0.15, 0.2) is 0 Å². The van der Waals surface area contributed by atoms with E-state index in [0.717, 1.165) is 33.2 Å². The minimum Gasteiger partial charge on any atom is -0.352 e. The van der Waals surface area contributed by atoms with Gasteiger partial charge in [0.1, 0.15) is 0 Å². The van der Waals surface area contributed by atoms with Gasteiger partial charge in [0.05, 0.1) is 34.7 Å². The van der Waals surface area contributed by atoms with Crippen LogP contribution in [0.15, 0.2) is 60.1 Å². The van der Waals surface area contributed by atoms with Crippen molar-refractivity contribution >= 4 is 28.8 Å². The summed E-state index contributed by atoms with van der Waals surface area (Å²) in [6.07, 6.45) is 2.74. The molecular formula is C22H21ClN6OS. The van der Waals surface area contributed by atoms with Crippen LogP contribution in [0.5, 0.6) is 0 Å². The Kier molecular flexibility index (Phi) is 6.71. The maximum absolute atomic E-state index is 12.4. The summed E-state index contributed by atoms with van der Waals surface area (Å²) in [5.41, 5.74) is 10.0. The summed E-state index contributed by atoms with van der Waals surface area (Å²) < 4.78 is 1.67. The minimum absolute atomic E-state index is 0.0730. The van der Waals surface area contributed by atoms with E-state index in [-0.39, 0.29) is 12.3 Å². The van der Waals surface area contributed by atoms with E-state index in [4.69, 9.17) is 17.3 Å². The van der Waals surface area contributed by atoms with Crippen molar-refractivity contribution in [1.82, 2.24) is 25.3 Å². The smallest absolute Gasteiger partial charge is 0.226 e. The molecule has 4 aromatic rings. The maximum Gasteiger partial charge on any atom is 0.226 e. The van der Waals surface area contributed by atoms with Crippen LogP contribution < -0.4 is 11.1 Å². The first kappa shape index (κ1) is 21.2. The number of carbonyl (C=O) groups is 1. The van der Waals surface area contributed by atoms with Gasteiger partial charge < -0.3 is 11.1 Å². The largest absolute Gasteiger partial charge is 0.352 e. The lowest BCUT2D eigenvalue weighted by Crippen LogP contribution is -2.24. The second-order valence-corrected chi connectivity index (χ2v) is 8.40. The second kappa shape index (κ2) is 9.82. The quantitative estimate of drug-likeness (QED) is 0.427. The first-order valence-corrected chi connectivity index (χ1v) is 11.0. The number of hydrogen-bond donors (Lipinski definition) is 2. The van der Waals surface area contributed by atoms with Gasteiger partial charge in [-0.05, 0) is 35.4 Å². The lowest BCUT2D eigenvalue weighted by atomic mass is 10.2. The van der Waals surface area contributed by atoms with Gasteiger partial charge in [-0.25, -0.2) is 9.67 Å². The Hall–Kier alpha value is -3.07. The maximum atomic E-state index is 12.4. The minimum atomic E-state index is -0.0730. The molecular weight excluding hydrogens is 432 g/mol. The third-order valence-electron chi connectivity index (χ3n) is 4.60. The van der Waals surface area contributed by atoms with Crippen molar-refractivity contribution in [1.29, 1.82) is 0 Å². The molecule has 2 heterocycles. The van der Waals surface area contributed by atoms with E-state index in [2.05, 4.69) is 20.6 Å².